The molecule has 0 bridgehead atoms. The van der Waals surface area contributed by atoms with E-state index in [0.29, 0.717) is 0 Å². The molecule has 4 nitrogen and oxygen atoms in total. The maximum absolute atomic E-state index is 8.01. The van der Waals surface area contributed by atoms with E-state index in [1.807, 2.05) is 0 Å². The SMILES string of the molecule is CC(C)(C)c1ccc2c(c1)C1(C)CCCCC1(C)N2c1cc2c3c(c1)N(c1ccc4c(c1)C(C)(C)CCC4(C)C)c1c(oc4cc5c(cc14)C(C)(C)CCC5(C)C)B3c1cc3c(cc1N2c1ccc2c(c1)C(C)(C)CCC2(C)C)C(C)(C)CCC3(C)C. The minimum Gasteiger partial charge on any atom is -0.468 e. The van der Waals surface area contributed by atoms with Crippen LogP contribution in [0.5, 0.6) is 0 Å². The summed E-state index contributed by atoms with van der Waals surface area (Å²) in [7, 11) is 0. The molecule has 15 rings (SSSR count). The molecule has 454 valence electrons. The molecule has 7 aromatic rings. The molecular formula is C82H102BN3O. The number of furan rings is 1. The second-order valence-corrected chi connectivity index (χ2v) is 36.3. The van der Waals surface area contributed by atoms with Gasteiger partial charge in [0.15, 0.2) is 0 Å². The Hall–Kier alpha value is -5.68. The van der Waals surface area contributed by atoms with Crippen molar-refractivity contribution in [2.45, 2.75) is 282 Å². The van der Waals surface area contributed by atoms with Crippen molar-refractivity contribution < 1.29 is 4.42 Å². The van der Waals surface area contributed by atoms with E-state index in [9.17, 15) is 0 Å². The van der Waals surface area contributed by atoms with E-state index in [1.165, 1.54) is 150 Å². The van der Waals surface area contributed by atoms with Crippen molar-refractivity contribution in [3.05, 3.63) is 147 Å². The van der Waals surface area contributed by atoms with Crippen LogP contribution in [0.15, 0.2) is 95.4 Å². The lowest BCUT2D eigenvalue weighted by molar-refractivity contribution is 0.195. The average Bonchev–Trinajstić information content (AvgIpc) is 1.66. The molecule has 2 atom stereocenters. The minimum absolute atomic E-state index is 0.00542. The van der Waals surface area contributed by atoms with Crippen molar-refractivity contribution in [2.75, 3.05) is 14.7 Å². The molecule has 0 amide bonds. The first-order valence-corrected chi connectivity index (χ1v) is 34.3. The van der Waals surface area contributed by atoms with Gasteiger partial charge in [0.05, 0.1) is 16.9 Å². The Morgan fingerprint density at radius 2 is 0.828 bits per heavy atom. The van der Waals surface area contributed by atoms with E-state index < -0.39 is 0 Å². The standard InChI is InChI=1S/C82H102BN3O/c1-72(2,3)49-24-29-64-62(40-49)81(20)30-22-23-31-82(81,21)86(64)52-43-66-69-67(44-52)85(51-26-28-55-57(42-51)76(10,11)35-33-74(55,6)7)70-53-45-58-61(80(18,19)39-36-77(58,12)13)48-68(53)87-71(70)83(69)63-46-59-60(79(16,17)38-37-78(59,14)15)47-65(63)84(66)50-25-27-54-56(41-50)75(8,9)34-32-73(54,4)5/h24-29,40-48H,22-23,30-39H2,1-21H3. The number of rotatable bonds is 3. The van der Waals surface area contributed by atoms with Gasteiger partial charge in [0, 0.05) is 50.6 Å². The highest BCUT2D eigenvalue weighted by molar-refractivity contribution is 7.00. The van der Waals surface area contributed by atoms with Gasteiger partial charge in [-0.25, -0.2) is 0 Å². The van der Waals surface area contributed by atoms with E-state index in [-0.39, 0.29) is 66.4 Å². The van der Waals surface area contributed by atoms with Crippen molar-refractivity contribution in [1.29, 1.82) is 0 Å². The molecule has 5 heteroatoms. The van der Waals surface area contributed by atoms with Crippen molar-refractivity contribution in [3.8, 4) is 0 Å². The number of anilines is 8. The van der Waals surface area contributed by atoms with Crippen LogP contribution in [0, 0.1) is 0 Å². The summed E-state index contributed by atoms with van der Waals surface area (Å²) in [6.07, 6.45) is 14.1. The summed E-state index contributed by atoms with van der Waals surface area (Å²) in [5.74, 6) is 0. The number of fused-ring (bicyclic) bond motifs is 13. The summed E-state index contributed by atoms with van der Waals surface area (Å²) in [4.78, 5) is 8.45. The van der Waals surface area contributed by atoms with Crippen LogP contribution in [-0.2, 0) is 54.1 Å². The van der Waals surface area contributed by atoms with Crippen LogP contribution < -0.4 is 31.3 Å². The van der Waals surface area contributed by atoms with E-state index in [0.717, 1.165) is 56.2 Å². The summed E-state index contributed by atoms with van der Waals surface area (Å²) < 4.78 is 8.01. The van der Waals surface area contributed by atoms with Crippen LogP contribution in [0.1, 0.15) is 278 Å². The first kappa shape index (κ1) is 57.7. The first-order chi connectivity index (χ1) is 40.4. The molecule has 2 unspecified atom stereocenters. The van der Waals surface area contributed by atoms with E-state index in [4.69, 9.17) is 4.42 Å². The third kappa shape index (κ3) is 7.93. The zero-order valence-electron chi connectivity index (χ0n) is 57.5. The molecule has 1 aromatic heterocycles. The lowest BCUT2D eigenvalue weighted by Gasteiger charge is -2.51. The Morgan fingerprint density at radius 3 is 1.36 bits per heavy atom. The smallest absolute Gasteiger partial charge is 0.297 e. The van der Waals surface area contributed by atoms with Gasteiger partial charge in [-0.15, -0.1) is 0 Å². The third-order valence-electron chi connectivity index (χ3n) is 26.0. The van der Waals surface area contributed by atoms with Crippen LogP contribution in [0.25, 0.3) is 11.0 Å². The Kier molecular flexibility index (Phi) is 11.7. The van der Waals surface area contributed by atoms with Crippen LogP contribution in [-0.4, -0.2) is 12.3 Å². The quantitative estimate of drug-likeness (QED) is 0.164. The number of nitrogens with zero attached hydrogens (tertiary/aromatic N) is 3. The maximum Gasteiger partial charge on any atom is 0.297 e. The Morgan fingerprint density at radius 1 is 0.379 bits per heavy atom. The first-order valence-electron chi connectivity index (χ1n) is 34.3. The van der Waals surface area contributed by atoms with Gasteiger partial charge in [-0.2, -0.15) is 0 Å². The molecule has 0 saturated heterocycles. The number of benzene rings is 6. The lowest BCUT2D eigenvalue weighted by atomic mass is 9.35. The van der Waals surface area contributed by atoms with Gasteiger partial charge in [0.2, 0.25) is 0 Å². The van der Waals surface area contributed by atoms with E-state index >= 15 is 0 Å². The summed E-state index contributed by atoms with van der Waals surface area (Å²) in [6.45, 7) is 52.3. The molecule has 87 heavy (non-hydrogen) atoms. The van der Waals surface area contributed by atoms with Gasteiger partial charge in [-0.05, 0) is 247 Å². The van der Waals surface area contributed by atoms with Gasteiger partial charge in [0.25, 0.3) is 6.71 Å². The van der Waals surface area contributed by atoms with Crippen molar-refractivity contribution >= 4 is 79.8 Å². The van der Waals surface area contributed by atoms with Crippen molar-refractivity contribution in [1.82, 2.24) is 0 Å². The monoisotopic (exact) mass is 1160 g/mol. The highest BCUT2D eigenvalue weighted by Crippen LogP contribution is 2.64. The molecule has 6 aromatic carbocycles. The predicted octanol–water partition coefficient (Wildman–Crippen LogP) is 21.0. The molecule has 0 spiro atoms. The highest BCUT2D eigenvalue weighted by Gasteiger charge is 2.59. The molecule has 0 radical (unpaired) electrons. The van der Waals surface area contributed by atoms with Crippen molar-refractivity contribution in [2.24, 2.45) is 0 Å². The van der Waals surface area contributed by atoms with Crippen LogP contribution in [0.2, 0.25) is 0 Å². The topological polar surface area (TPSA) is 22.9 Å². The summed E-state index contributed by atoms with van der Waals surface area (Å²) in [5, 5.41) is 1.24. The largest absolute Gasteiger partial charge is 0.468 e. The normalized spacial score (nSPS) is 25.7. The second kappa shape index (κ2) is 17.6. The fourth-order valence-corrected chi connectivity index (χ4v) is 19.3. The minimum atomic E-state index is -0.177. The summed E-state index contributed by atoms with van der Waals surface area (Å²) in [6, 6.07) is 39.0. The molecule has 4 heterocycles. The van der Waals surface area contributed by atoms with Crippen LogP contribution >= 0.6 is 0 Å². The molecule has 1 saturated carbocycles. The predicted molar refractivity (Wildman–Crippen MR) is 373 cm³/mol. The maximum atomic E-state index is 8.01. The third-order valence-corrected chi connectivity index (χ3v) is 26.0. The van der Waals surface area contributed by atoms with E-state index in [2.05, 4.69) is 251 Å². The number of hydrogen-bond donors (Lipinski definition) is 0. The molecular weight excluding hydrogens is 1050 g/mol. The molecule has 8 aliphatic rings. The fourth-order valence-electron chi connectivity index (χ4n) is 19.3. The molecule has 5 aliphatic carbocycles. The molecule has 1 fully saturated rings. The van der Waals surface area contributed by atoms with Crippen molar-refractivity contribution in [3.63, 3.8) is 0 Å². The Labute approximate surface area is 524 Å². The summed E-state index contributed by atoms with van der Waals surface area (Å²) in [5.41, 5.74) is 29.9. The van der Waals surface area contributed by atoms with Gasteiger partial charge in [0.1, 0.15) is 5.58 Å². The fraction of sp³-hybridized carbons (Fsp3) is 0.537. The van der Waals surface area contributed by atoms with Crippen LogP contribution in [0.3, 0.4) is 0 Å². The zero-order chi connectivity index (χ0) is 61.9. The van der Waals surface area contributed by atoms with E-state index in [1.54, 1.807) is 0 Å². The molecule has 3 aliphatic heterocycles. The Bertz CT molecular complexity index is 4130. The number of hydrogen-bond acceptors (Lipinski definition) is 4. The molecule has 0 N–H and O–H groups in total. The van der Waals surface area contributed by atoms with Gasteiger partial charge < -0.3 is 19.1 Å². The Balaban J connectivity index is 1.12. The average molecular weight is 1160 g/mol. The van der Waals surface area contributed by atoms with Gasteiger partial charge in [-0.3, -0.25) is 0 Å². The lowest BCUT2D eigenvalue weighted by Crippen LogP contribution is -2.61. The summed E-state index contributed by atoms with van der Waals surface area (Å²) >= 11 is 0. The van der Waals surface area contributed by atoms with Gasteiger partial charge in [-0.1, -0.05) is 182 Å². The zero-order valence-corrected chi connectivity index (χ0v) is 57.5. The van der Waals surface area contributed by atoms with Gasteiger partial charge >= 0.3 is 0 Å². The second-order valence-electron chi connectivity index (χ2n) is 36.3. The highest BCUT2D eigenvalue weighted by atomic mass is 16.3. The van der Waals surface area contributed by atoms with Crippen LogP contribution in [0.4, 0.5) is 45.5 Å².